The summed E-state index contributed by atoms with van der Waals surface area (Å²) in [7, 11) is -3.73. The van der Waals surface area contributed by atoms with Crippen molar-refractivity contribution < 1.29 is 23.1 Å². The molecule has 22 heavy (non-hydrogen) atoms. The molecule has 2 N–H and O–H groups in total. The Morgan fingerprint density at radius 2 is 2.14 bits per heavy atom. The molecule has 7 nitrogen and oxygen atoms in total. The number of aryl methyl sites for hydroxylation is 1. The van der Waals surface area contributed by atoms with Crippen LogP contribution in [0.1, 0.15) is 18.7 Å². The van der Waals surface area contributed by atoms with Crippen molar-refractivity contribution in [1.82, 2.24) is 9.62 Å². The number of aliphatic carboxylic acids is 1. The molecule has 0 radical (unpaired) electrons. The van der Waals surface area contributed by atoms with Gasteiger partial charge in [0, 0.05) is 24.9 Å². The summed E-state index contributed by atoms with van der Waals surface area (Å²) in [5.41, 5.74) is 0. The third-order valence-corrected chi connectivity index (χ3v) is 5.91. The molecule has 0 aliphatic heterocycles. The van der Waals surface area contributed by atoms with Crippen molar-refractivity contribution in [1.29, 1.82) is 0 Å². The minimum atomic E-state index is -3.73. The number of sulfonamides is 1. The molecule has 0 aromatic carbocycles. The first-order chi connectivity index (χ1) is 10.2. The van der Waals surface area contributed by atoms with E-state index in [-0.39, 0.29) is 24.7 Å². The van der Waals surface area contributed by atoms with E-state index in [1.165, 1.54) is 25.2 Å². The first-order valence-electron chi connectivity index (χ1n) is 6.73. The van der Waals surface area contributed by atoms with E-state index in [2.05, 4.69) is 5.32 Å². The summed E-state index contributed by atoms with van der Waals surface area (Å²) in [6.45, 7) is 2.64. The fraction of sp³-hybridized carbons (Fsp3) is 0.538. The topological polar surface area (TPSA) is 104 Å². The second-order valence-electron chi connectivity index (χ2n) is 4.75. The van der Waals surface area contributed by atoms with E-state index >= 15 is 0 Å². The molecule has 1 amide bonds. The van der Waals surface area contributed by atoms with E-state index in [0.717, 1.165) is 9.18 Å². The first-order valence-corrected chi connectivity index (χ1v) is 9.22. The Morgan fingerprint density at radius 1 is 1.45 bits per heavy atom. The number of carbonyl (C=O) groups excluding carboxylic acids is 1. The van der Waals surface area contributed by atoms with Crippen molar-refractivity contribution >= 4 is 33.2 Å². The smallest absolute Gasteiger partial charge is 0.321 e. The van der Waals surface area contributed by atoms with Gasteiger partial charge in [-0.1, -0.05) is 6.07 Å². The van der Waals surface area contributed by atoms with Crippen LogP contribution in [0.5, 0.6) is 0 Å². The molecule has 0 saturated heterocycles. The lowest BCUT2D eigenvalue weighted by molar-refractivity contribution is -0.140. The molecule has 1 aromatic rings. The molecule has 0 fully saturated rings. The average molecular weight is 348 g/mol. The third kappa shape index (κ3) is 5.74. The van der Waals surface area contributed by atoms with Gasteiger partial charge >= 0.3 is 5.97 Å². The maximum Gasteiger partial charge on any atom is 0.321 e. The summed E-state index contributed by atoms with van der Waals surface area (Å²) < 4.78 is 25.7. The second kappa shape index (κ2) is 8.25. The van der Waals surface area contributed by atoms with Crippen LogP contribution in [-0.4, -0.2) is 54.6 Å². The summed E-state index contributed by atoms with van der Waals surface area (Å²) in [6.07, 6.45) is 0.336. The van der Waals surface area contributed by atoms with Gasteiger partial charge in [-0.2, -0.15) is 4.31 Å². The molecule has 0 saturated carbocycles. The zero-order chi connectivity index (χ0) is 16.8. The molecule has 0 spiro atoms. The van der Waals surface area contributed by atoms with Crippen LogP contribution in [0.2, 0.25) is 0 Å². The van der Waals surface area contributed by atoms with Gasteiger partial charge in [-0.15, -0.1) is 11.3 Å². The lowest BCUT2D eigenvalue weighted by atomic mass is 10.3. The highest BCUT2D eigenvalue weighted by molar-refractivity contribution is 7.89. The number of nitrogens with one attached hydrogen (secondary N) is 1. The van der Waals surface area contributed by atoms with Crippen LogP contribution in [0, 0.1) is 0 Å². The van der Waals surface area contributed by atoms with Gasteiger partial charge in [-0.05, 0) is 24.8 Å². The van der Waals surface area contributed by atoms with E-state index < -0.39 is 22.0 Å². The number of rotatable bonds is 9. The lowest BCUT2D eigenvalue weighted by Gasteiger charge is -2.25. The quantitative estimate of drug-likeness (QED) is 0.677. The predicted molar refractivity (Wildman–Crippen MR) is 84.3 cm³/mol. The van der Waals surface area contributed by atoms with Gasteiger partial charge < -0.3 is 10.4 Å². The summed E-state index contributed by atoms with van der Waals surface area (Å²) in [5.74, 6) is -1.67. The van der Waals surface area contributed by atoms with Crippen LogP contribution >= 0.6 is 11.3 Å². The molecular weight excluding hydrogens is 328 g/mol. The minimum Gasteiger partial charge on any atom is -0.480 e. The van der Waals surface area contributed by atoms with Gasteiger partial charge in [0.25, 0.3) is 0 Å². The van der Waals surface area contributed by atoms with E-state index in [9.17, 15) is 18.0 Å². The number of carboxylic acids is 1. The lowest BCUT2D eigenvalue weighted by Crippen LogP contribution is -2.47. The molecule has 0 aliphatic carbocycles. The molecule has 0 aliphatic rings. The van der Waals surface area contributed by atoms with Gasteiger partial charge in [-0.3, -0.25) is 9.59 Å². The highest BCUT2D eigenvalue weighted by Gasteiger charge is 2.31. The molecule has 1 unspecified atom stereocenters. The molecule has 124 valence electrons. The summed E-state index contributed by atoms with van der Waals surface area (Å²) in [4.78, 5) is 22.9. The van der Waals surface area contributed by atoms with Crippen LogP contribution in [-0.2, 0) is 26.0 Å². The Morgan fingerprint density at radius 3 is 2.64 bits per heavy atom. The molecule has 0 bridgehead atoms. The number of amides is 1. The summed E-state index contributed by atoms with van der Waals surface area (Å²) in [5, 5.41) is 13.4. The van der Waals surface area contributed by atoms with Crippen LogP contribution in [0.3, 0.4) is 0 Å². The largest absolute Gasteiger partial charge is 0.480 e. The molecular formula is C13H20N2O5S2. The average Bonchev–Trinajstić information content (AvgIpc) is 2.93. The molecule has 1 rings (SSSR count). The molecule has 9 heteroatoms. The molecule has 1 atom stereocenters. The van der Waals surface area contributed by atoms with Crippen molar-refractivity contribution in [2.45, 2.75) is 26.3 Å². The highest BCUT2D eigenvalue weighted by atomic mass is 32.2. The maximum absolute atomic E-state index is 12.4. The van der Waals surface area contributed by atoms with Crippen molar-refractivity contribution in [3.63, 3.8) is 0 Å². The molecule has 1 heterocycles. The summed E-state index contributed by atoms with van der Waals surface area (Å²) >= 11 is 1.46. The normalized spacial score (nSPS) is 13.0. The van der Waals surface area contributed by atoms with Crippen LogP contribution in [0.4, 0.5) is 0 Å². The van der Waals surface area contributed by atoms with Gasteiger partial charge in [0.2, 0.25) is 15.9 Å². The zero-order valence-corrected chi connectivity index (χ0v) is 14.1. The Bertz CT molecular complexity index is 598. The monoisotopic (exact) mass is 348 g/mol. The van der Waals surface area contributed by atoms with Crippen molar-refractivity contribution in [2.75, 3.05) is 18.8 Å². The third-order valence-electron chi connectivity index (χ3n) is 3.04. The van der Waals surface area contributed by atoms with Crippen molar-refractivity contribution in [3.8, 4) is 0 Å². The highest BCUT2D eigenvalue weighted by Crippen LogP contribution is 2.14. The minimum absolute atomic E-state index is 0.0696. The van der Waals surface area contributed by atoms with Crippen LogP contribution in [0.15, 0.2) is 17.5 Å². The number of carbonyl (C=O) groups is 2. The van der Waals surface area contributed by atoms with Gasteiger partial charge in [-0.25, -0.2) is 8.42 Å². The first kappa shape index (κ1) is 18.6. The van der Waals surface area contributed by atoms with Crippen molar-refractivity contribution in [3.05, 3.63) is 22.4 Å². The number of hydrogen-bond donors (Lipinski definition) is 2. The Hall–Kier alpha value is -1.45. The number of thiophene rings is 1. The van der Waals surface area contributed by atoms with Crippen LogP contribution < -0.4 is 5.32 Å². The Kier molecular flexibility index (Phi) is 6.98. The maximum atomic E-state index is 12.4. The SMILES string of the molecule is CC(=O)NCCN(C(C)C(=O)O)S(=O)(=O)CCc1cccs1. The van der Waals surface area contributed by atoms with Crippen LogP contribution in [0.25, 0.3) is 0 Å². The number of carboxylic acid groups (broad SMARTS) is 1. The van der Waals surface area contributed by atoms with Crippen molar-refractivity contribution in [2.24, 2.45) is 0 Å². The molecule has 1 aromatic heterocycles. The number of hydrogen-bond acceptors (Lipinski definition) is 5. The second-order valence-corrected chi connectivity index (χ2v) is 7.83. The van der Waals surface area contributed by atoms with Gasteiger partial charge in [0.15, 0.2) is 0 Å². The van der Waals surface area contributed by atoms with Gasteiger partial charge in [0.05, 0.1) is 5.75 Å². The zero-order valence-electron chi connectivity index (χ0n) is 12.5. The van der Waals surface area contributed by atoms with E-state index in [1.54, 1.807) is 0 Å². The fourth-order valence-electron chi connectivity index (χ4n) is 1.84. The summed E-state index contributed by atoms with van der Waals surface area (Å²) in [6, 6.07) is 2.49. The Labute approximate surface area is 134 Å². The Balaban J connectivity index is 2.77. The van der Waals surface area contributed by atoms with Gasteiger partial charge in [0.1, 0.15) is 6.04 Å². The number of nitrogens with zero attached hydrogens (tertiary/aromatic N) is 1. The van der Waals surface area contributed by atoms with E-state index in [1.807, 2.05) is 17.5 Å². The van der Waals surface area contributed by atoms with E-state index in [0.29, 0.717) is 6.42 Å². The van der Waals surface area contributed by atoms with E-state index in [4.69, 9.17) is 5.11 Å². The fourth-order valence-corrected chi connectivity index (χ4v) is 4.33. The standard InChI is InChI=1S/C13H20N2O5S2/c1-10(13(17)18)15(7-6-14-11(2)16)22(19,20)9-5-12-4-3-8-21-12/h3-4,8,10H,5-7,9H2,1-2H3,(H,14,16)(H,17,18). The predicted octanol–water partition coefficient (Wildman–Crippen LogP) is 0.532.